The summed E-state index contributed by atoms with van der Waals surface area (Å²) < 4.78 is 14.4. The van der Waals surface area contributed by atoms with Gasteiger partial charge in [0, 0.05) is 52.4 Å². The van der Waals surface area contributed by atoms with Gasteiger partial charge in [0.1, 0.15) is 11.9 Å². The number of nitrogens with zero attached hydrogens (tertiary/aromatic N) is 2. The molecule has 8 rings (SSSR count). The molecule has 2 atom stereocenters. The number of hydrogen-bond donors (Lipinski definition) is 2. The first-order chi connectivity index (χ1) is 17.0. The molecule has 2 N–H and O–H groups in total. The van der Waals surface area contributed by atoms with E-state index in [1.165, 1.54) is 62.3 Å². The second kappa shape index (κ2) is 8.17. The molecule has 1 spiro atoms. The number of hydrogen-bond acceptors (Lipinski definition) is 4. The number of hydrazine groups is 1. The lowest BCUT2D eigenvalue weighted by atomic mass is 9.43. The maximum atomic E-state index is 14.4. The standard InChI is InChI=1S/C28H36ClFN4O/c29-20-11-18(30)12-22-23(20)28(8-5-3-1-2-4-6-9-28)25(31-22)26(35)34-10-7-21-19(16-34)24(33-32-21)27-13-17(14-27)15-27/h11,17,21,25,32-33H,1-10,12-16H2. The van der Waals surface area contributed by atoms with Crippen LogP contribution < -0.4 is 10.9 Å². The molecule has 0 aromatic carbocycles. The minimum Gasteiger partial charge on any atom is -0.337 e. The molecule has 3 aliphatic heterocycles. The number of piperidine rings is 1. The average Bonchev–Trinajstić information content (AvgIpc) is 3.35. The van der Waals surface area contributed by atoms with Gasteiger partial charge in [0.05, 0.1) is 6.04 Å². The number of allylic oxidation sites excluding steroid dienone is 4. The highest BCUT2D eigenvalue weighted by Gasteiger charge is 2.61. The van der Waals surface area contributed by atoms with Crippen LogP contribution in [-0.4, -0.2) is 41.7 Å². The van der Waals surface area contributed by atoms with Gasteiger partial charge < -0.3 is 10.3 Å². The zero-order valence-corrected chi connectivity index (χ0v) is 21.2. The van der Waals surface area contributed by atoms with Crippen molar-refractivity contribution >= 4 is 23.2 Å². The Bertz CT molecular complexity index is 1060. The van der Waals surface area contributed by atoms with Crippen LogP contribution >= 0.6 is 11.6 Å². The van der Waals surface area contributed by atoms with Crippen molar-refractivity contribution in [3.63, 3.8) is 0 Å². The SMILES string of the molecule is O=C(C1N=C2CC(F)=CC(Cl)=C2C12CCCCCCCC2)N1CCC2NNC(C34CC(C3)C4)=C2C1. The second-order valence-electron chi connectivity index (χ2n) is 12.3. The number of halogens is 2. The Morgan fingerprint density at radius 1 is 1.11 bits per heavy atom. The van der Waals surface area contributed by atoms with Gasteiger partial charge in [-0.3, -0.25) is 9.79 Å². The third-order valence-corrected chi connectivity index (χ3v) is 10.5. The summed E-state index contributed by atoms with van der Waals surface area (Å²) in [5.74, 6) is 0.789. The van der Waals surface area contributed by atoms with Gasteiger partial charge in [0.2, 0.25) is 5.91 Å². The van der Waals surface area contributed by atoms with Crippen LogP contribution in [0.1, 0.15) is 83.5 Å². The van der Waals surface area contributed by atoms with Crippen molar-refractivity contribution in [3.8, 4) is 0 Å². The third-order valence-electron chi connectivity index (χ3n) is 10.2. The number of rotatable bonds is 2. The maximum absolute atomic E-state index is 14.4. The van der Waals surface area contributed by atoms with Crippen molar-refractivity contribution < 1.29 is 9.18 Å². The van der Waals surface area contributed by atoms with E-state index in [2.05, 4.69) is 15.8 Å². The van der Waals surface area contributed by atoms with E-state index in [1.807, 2.05) is 0 Å². The summed E-state index contributed by atoms with van der Waals surface area (Å²) in [7, 11) is 0. The van der Waals surface area contributed by atoms with Crippen molar-refractivity contribution in [3.05, 3.63) is 33.8 Å². The van der Waals surface area contributed by atoms with Crippen LogP contribution in [0.25, 0.3) is 0 Å². The Kier molecular flexibility index (Phi) is 5.26. The lowest BCUT2D eigenvalue weighted by Gasteiger charge is -2.62. The Hall–Kier alpha value is -1.66. The number of amides is 1. The van der Waals surface area contributed by atoms with Crippen molar-refractivity contribution in [2.75, 3.05) is 13.1 Å². The first-order valence-corrected chi connectivity index (χ1v) is 14.2. The van der Waals surface area contributed by atoms with E-state index in [4.69, 9.17) is 16.6 Å². The summed E-state index contributed by atoms with van der Waals surface area (Å²) in [6.45, 7) is 1.42. The Balaban J connectivity index is 1.22. The largest absolute Gasteiger partial charge is 0.337 e. The fourth-order valence-corrected chi connectivity index (χ4v) is 8.77. The molecule has 5 nitrogen and oxygen atoms in total. The van der Waals surface area contributed by atoms with E-state index in [9.17, 15) is 9.18 Å². The molecule has 0 aromatic rings. The van der Waals surface area contributed by atoms with Crippen LogP contribution in [0, 0.1) is 16.7 Å². The average molecular weight is 499 g/mol. The minimum atomic E-state index is -0.475. The Morgan fingerprint density at radius 2 is 1.83 bits per heavy atom. The highest BCUT2D eigenvalue weighted by molar-refractivity contribution is 6.35. The summed E-state index contributed by atoms with van der Waals surface area (Å²) in [5, 5.41) is 0.471. The van der Waals surface area contributed by atoms with E-state index < -0.39 is 6.04 Å². The number of fused-ring (bicyclic) bond motifs is 3. The maximum Gasteiger partial charge on any atom is 0.248 e. The monoisotopic (exact) mass is 498 g/mol. The van der Waals surface area contributed by atoms with Crippen LogP contribution in [0.2, 0.25) is 0 Å². The molecule has 5 fully saturated rings. The third kappa shape index (κ3) is 3.34. The predicted octanol–water partition coefficient (Wildman–Crippen LogP) is 5.44. The van der Waals surface area contributed by atoms with Crippen LogP contribution in [-0.2, 0) is 4.79 Å². The topological polar surface area (TPSA) is 56.7 Å². The fourth-order valence-electron chi connectivity index (χ4n) is 8.35. The quantitative estimate of drug-likeness (QED) is 0.532. The van der Waals surface area contributed by atoms with Gasteiger partial charge in [-0.1, -0.05) is 50.1 Å². The van der Waals surface area contributed by atoms with Crippen LogP contribution in [0.4, 0.5) is 4.39 Å². The zero-order valence-electron chi connectivity index (χ0n) is 20.5. The molecule has 8 aliphatic rings. The first-order valence-electron chi connectivity index (χ1n) is 13.9. The molecule has 4 saturated carbocycles. The molecule has 0 aromatic heterocycles. The molecular formula is C28H36ClFN4O. The Morgan fingerprint density at radius 3 is 2.51 bits per heavy atom. The summed E-state index contributed by atoms with van der Waals surface area (Å²) in [6, 6.07) is -0.147. The van der Waals surface area contributed by atoms with E-state index in [1.54, 1.807) is 0 Å². The highest BCUT2D eigenvalue weighted by Crippen LogP contribution is 2.68. The number of carbonyl (C=O) groups is 1. The highest BCUT2D eigenvalue weighted by atomic mass is 35.5. The van der Waals surface area contributed by atoms with Crippen molar-refractivity contribution in [2.45, 2.75) is 95.6 Å². The van der Waals surface area contributed by atoms with Gasteiger partial charge in [0.25, 0.3) is 0 Å². The molecule has 2 bridgehead atoms. The molecule has 188 valence electrons. The molecule has 0 radical (unpaired) electrons. The van der Waals surface area contributed by atoms with Gasteiger partial charge in [0.15, 0.2) is 0 Å². The fraction of sp³-hybridized carbons (Fsp3) is 0.714. The molecule has 1 saturated heterocycles. The molecule has 3 heterocycles. The van der Waals surface area contributed by atoms with E-state index in [0.717, 1.165) is 55.9 Å². The number of aliphatic imine (C=N–C) groups is 1. The van der Waals surface area contributed by atoms with Gasteiger partial charge >= 0.3 is 0 Å². The molecule has 2 unspecified atom stereocenters. The number of likely N-dealkylation sites (tertiary alicyclic amines) is 1. The van der Waals surface area contributed by atoms with E-state index in [-0.39, 0.29) is 23.6 Å². The lowest BCUT2D eigenvalue weighted by molar-refractivity contribution is -0.135. The van der Waals surface area contributed by atoms with Crippen LogP contribution in [0.5, 0.6) is 0 Å². The lowest BCUT2D eigenvalue weighted by Crippen LogP contribution is -2.56. The van der Waals surface area contributed by atoms with Crippen LogP contribution in [0.3, 0.4) is 0 Å². The number of carbonyl (C=O) groups excluding carboxylic acids is 1. The summed E-state index contributed by atoms with van der Waals surface area (Å²) in [5.41, 5.74) is 11.5. The van der Waals surface area contributed by atoms with Crippen molar-refractivity contribution in [1.29, 1.82) is 0 Å². The van der Waals surface area contributed by atoms with Crippen LogP contribution in [0.15, 0.2) is 38.8 Å². The van der Waals surface area contributed by atoms with Gasteiger partial charge in [-0.2, -0.15) is 0 Å². The van der Waals surface area contributed by atoms with Crippen molar-refractivity contribution in [1.82, 2.24) is 15.8 Å². The molecule has 35 heavy (non-hydrogen) atoms. The van der Waals surface area contributed by atoms with Gasteiger partial charge in [-0.05, 0) is 56.1 Å². The second-order valence-corrected chi connectivity index (χ2v) is 12.7. The molecule has 7 heteroatoms. The molecule has 1 amide bonds. The molecule has 5 aliphatic carbocycles. The first kappa shape index (κ1) is 22.5. The Labute approximate surface area is 212 Å². The van der Waals surface area contributed by atoms with Crippen molar-refractivity contribution in [2.24, 2.45) is 21.7 Å². The van der Waals surface area contributed by atoms with Gasteiger partial charge in [-0.15, -0.1) is 0 Å². The zero-order chi connectivity index (χ0) is 23.8. The normalized spacial score (nSPS) is 37.8. The molecular weight excluding hydrogens is 463 g/mol. The summed E-state index contributed by atoms with van der Waals surface area (Å²) in [4.78, 5) is 21.4. The smallest absolute Gasteiger partial charge is 0.248 e. The summed E-state index contributed by atoms with van der Waals surface area (Å²) in [6.07, 6.45) is 15.3. The van der Waals surface area contributed by atoms with Gasteiger partial charge in [-0.25, -0.2) is 9.82 Å². The summed E-state index contributed by atoms with van der Waals surface area (Å²) >= 11 is 6.73. The minimum absolute atomic E-state index is 0.123. The predicted molar refractivity (Wildman–Crippen MR) is 135 cm³/mol. The van der Waals surface area contributed by atoms with E-state index >= 15 is 0 Å². The van der Waals surface area contributed by atoms with E-state index in [0.29, 0.717) is 23.0 Å². The number of nitrogens with one attached hydrogen (secondary N) is 2.